The Kier molecular flexibility index (Phi) is 5.24. The van der Waals surface area contributed by atoms with Crippen LogP contribution in [0, 0.1) is 5.82 Å². The van der Waals surface area contributed by atoms with Crippen LogP contribution in [0.2, 0.25) is 0 Å². The van der Waals surface area contributed by atoms with Crippen LogP contribution in [0.5, 0.6) is 0 Å². The lowest BCUT2D eigenvalue weighted by molar-refractivity contribution is 0.370. The first-order valence-electron chi connectivity index (χ1n) is 9.40. The molecule has 0 saturated heterocycles. The second-order valence-corrected chi connectivity index (χ2v) is 6.81. The fraction of sp³-hybridized carbons (Fsp3) is 0.130. The molecule has 29 heavy (non-hydrogen) atoms. The molecule has 0 aliphatic carbocycles. The number of fused-ring (bicyclic) bond motifs is 3. The van der Waals surface area contributed by atoms with E-state index in [9.17, 15) is 4.39 Å². The fourth-order valence-corrected chi connectivity index (χ4v) is 3.51. The normalized spacial score (nSPS) is 11.4. The van der Waals surface area contributed by atoms with Crippen molar-refractivity contribution in [1.82, 2.24) is 9.99 Å². The molecular formula is C23H22FN5. The molecule has 5 nitrogen and oxygen atoms in total. The summed E-state index contributed by atoms with van der Waals surface area (Å²) in [6.07, 6.45) is 1.42. The van der Waals surface area contributed by atoms with Crippen molar-refractivity contribution in [3.05, 3.63) is 66.5 Å². The van der Waals surface area contributed by atoms with Crippen LogP contribution < -0.4 is 5.32 Å². The number of aromatic nitrogens is 1. The molecule has 0 fully saturated rings. The van der Waals surface area contributed by atoms with E-state index in [0.29, 0.717) is 13.1 Å². The Labute approximate surface area is 168 Å². The van der Waals surface area contributed by atoms with E-state index in [0.717, 1.165) is 38.6 Å². The molecule has 0 atom stereocenters. The quantitative estimate of drug-likeness (QED) is 0.263. The Morgan fingerprint density at radius 3 is 2.72 bits per heavy atom. The number of aliphatic imine (C=N–C) groups is 1. The molecule has 0 bridgehead atoms. The molecule has 6 heteroatoms. The summed E-state index contributed by atoms with van der Waals surface area (Å²) in [5.41, 5.74) is 5.07. The predicted molar refractivity (Wildman–Crippen MR) is 120 cm³/mol. The highest BCUT2D eigenvalue weighted by Gasteiger charge is 2.14. The van der Waals surface area contributed by atoms with Gasteiger partial charge < -0.3 is 10.3 Å². The summed E-state index contributed by atoms with van der Waals surface area (Å²) < 4.78 is 13.8. The highest BCUT2D eigenvalue weighted by atomic mass is 19.1. The van der Waals surface area contributed by atoms with Crippen molar-refractivity contribution >= 4 is 40.5 Å². The van der Waals surface area contributed by atoms with Gasteiger partial charge in [0.15, 0.2) is 0 Å². The molecular weight excluding hydrogens is 365 g/mol. The summed E-state index contributed by atoms with van der Waals surface area (Å²) in [6.45, 7) is 4.75. The topological polar surface area (TPSA) is 55.8 Å². The maximum absolute atomic E-state index is 13.8. The molecule has 1 aromatic heterocycles. The van der Waals surface area contributed by atoms with E-state index in [2.05, 4.69) is 45.3 Å². The maximum atomic E-state index is 13.8. The third-order valence-electron chi connectivity index (χ3n) is 4.89. The lowest BCUT2D eigenvalue weighted by Gasteiger charge is -2.17. The summed E-state index contributed by atoms with van der Waals surface area (Å²) in [5.74, 6) is -0.240. The van der Waals surface area contributed by atoms with Gasteiger partial charge in [0.1, 0.15) is 12.2 Å². The van der Waals surface area contributed by atoms with Gasteiger partial charge in [-0.1, -0.05) is 42.5 Å². The second kappa shape index (κ2) is 8.14. The van der Waals surface area contributed by atoms with Crippen molar-refractivity contribution in [3.8, 4) is 11.1 Å². The molecule has 2 N–H and O–H groups in total. The Balaban J connectivity index is 1.78. The molecule has 4 rings (SSSR count). The second-order valence-electron chi connectivity index (χ2n) is 6.81. The first kappa shape index (κ1) is 18.7. The number of hydrogen-bond acceptors (Lipinski definition) is 3. The van der Waals surface area contributed by atoms with Crippen molar-refractivity contribution in [3.63, 3.8) is 0 Å². The van der Waals surface area contributed by atoms with Crippen LogP contribution in [-0.2, 0) is 0 Å². The molecule has 0 aliphatic heterocycles. The number of rotatable bonds is 7. The molecule has 0 radical (unpaired) electrons. The standard InChI is InChI=1S/C23H22FN5/c1-25-15-27-29(2)13-12-26-22-18(16-6-4-3-5-7-16)9-10-19-20-14-17(24)8-11-21(20)28-23(19)22/h3-11,14-15,26,28H,1,12-13H2,2H3/b27-15-. The van der Waals surface area contributed by atoms with E-state index in [1.54, 1.807) is 17.1 Å². The number of hydrogen-bond donors (Lipinski definition) is 2. The average Bonchev–Trinajstić information content (AvgIpc) is 3.11. The number of likely N-dealkylation sites (N-methyl/N-ethyl adjacent to an activating group) is 1. The number of halogens is 1. The lowest BCUT2D eigenvalue weighted by atomic mass is 10.0. The van der Waals surface area contributed by atoms with E-state index in [4.69, 9.17) is 0 Å². The predicted octanol–water partition coefficient (Wildman–Crippen LogP) is 5.11. The van der Waals surface area contributed by atoms with Gasteiger partial charge in [-0.3, -0.25) is 10.0 Å². The molecule has 0 aliphatic rings. The number of benzene rings is 3. The van der Waals surface area contributed by atoms with Gasteiger partial charge in [-0.15, -0.1) is 0 Å². The number of hydrazone groups is 1. The summed E-state index contributed by atoms with van der Waals surface area (Å²) >= 11 is 0. The van der Waals surface area contributed by atoms with Crippen molar-refractivity contribution in [2.75, 3.05) is 25.5 Å². The van der Waals surface area contributed by atoms with Gasteiger partial charge in [0.05, 0.1) is 17.7 Å². The SMILES string of the molecule is C=N/C=N\N(C)CCNc1c(-c2ccccc2)ccc2c1[nH]c1ccc(F)cc12. The van der Waals surface area contributed by atoms with Crippen LogP contribution >= 0.6 is 0 Å². The minimum Gasteiger partial charge on any atom is -0.381 e. The Bertz CT molecular complexity index is 1180. The minimum absolute atomic E-state index is 0.240. The van der Waals surface area contributed by atoms with Crippen LogP contribution in [0.4, 0.5) is 10.1 Å². The molecule has 3 aromatic carbocycles. The van der Waals surface area contributed by atoms with Crippen molar-refractivity contribution in [1.29, 1.82) is 0 Å². The lowest BCUT2D eigenvalue weighted by Crippen LogP contribution is -2.20. The van der Waals surface area contributed by atoms with E-state index in [-0.39, 0.29) is 5.82 Å². The van der Waals surface area contributed by atoms with Crippen molar-refractivity contribution in [2.45, 2.75) is 0 Å². The van der Waals surface area contributed by atoms with Crippen LogP contribution in [0.1, 0.15) is 0 Å². The molecule has 4 aromatic rings. The van der Waals surface area contributed by atoms with Gasteiger partial charge in [-0.25, -0.2) is 4.39 Å². The zero-order valence-electron chi connectivity index (χ0n) is 16.2. The first-order chi connectivity index (χ1) is 14.2. The number of nitrogens with one attached hydrogen (secondary N) is 2. The number of nitrogens with zero attached hydrogens (tertiary/aromatic N) is 3. The summed E-state index contributed by atoms with van der Waals surface area (Å²) in [5, 5.41) is 11.4. The van der Waals surface area contributed by atoms with Crippen LogP contribution in [0.15, 0.2) is 70.8 Å². The Morgan fingerprint density at radius 1 is 1.10 bits per heavy atom. The Hall–Kier alpha value is -3.67. The van der Waals surface area contributed by atoms with Gasteiger partial charge in [-0.05, 0) is 30.5 Å². The molecule has 0 saturated carbocycles. The number of H-pyrrole nitrogens is 1. The van der Waals surface area contributed by atoms with E-state index in [1.165, 1.54) is 12.4 Å². The molecule has 0 amide bonds. The molecule has 0 unspecified atom stereocenters. The van der Waals surface area contributed by atoms with E-state index >= 15 is 0 Å². The van der Waals surface area contributed by atoms with Crippen LogP contribution in [0.25, 0.3) is 32.9 Å². The average molecular weight is 387 g/mol. The highest BCUT2D eigenvalue weighted by Crippen LogP contribution is 2.37. The minimum atomic E-state index is -0.240. The van der Waals surface area contributed by atoms with E-state index in [1.807, 2.05) is 31.3 Å². The largest absolute Gasteiger partial charge is 0.381 e. The van der Waals surface area contributed by atoms with Gasteiger partial charge in [0.25, 0.3) is 0 Å². The zero-order chi connectivity index (χ0) is 20.2. The van der Waals surface area contributed by atoms with Crippen LogP contribution in [0.3, 0.4) is 0 Å². The maximum Gasteiger partial charge on any atom is 0.134 e. The van der Waals surface area contributed by atoms with Crippen LogP contribution in [-0.4, -0.2) is 43.2 Å². The molecule has 0 spiro atoms. The van der Waals surface area contributed by atoms with Crippen molar-refractivity contribution < 1.29 is 4.39 Å². The summed E-state index contributed by atoms with van der Waals surface area (Å²) in [7, 11) is 1.88. The summed E-state index contributed by atoms with van der Waals surface area (Å²) in [4.78, 5) is 7.09. The van der Waals surface area contributed by atoms with Gasteiger partial charge in [0, 0.05) is 35.4 Å². The molecule has 146 valence electrons. The van der Waals surface area contributed by atoms with Gasteiger partial charge in [0.2, 0.25) is 0 Å². The fourth-order valence-electron chi connectivity index (χ4n) is 3.51. The first-order valence-corrected chi connectivity index (χ1v) is 9.40. The van der Waals surface area contributed by atoms with Gasteiger partial charge in [-0.2, -0.15) is 5.10 Å². The monoisotopic (exact) mass is 387 g/mol. The number of anilines is 1. The third kappa shape index (κ3) is 3.82. The smallest absolute Gasteiger partial charge is 0.134 e. The zero-order valence-corrected chi connectivity index (χ0v) is 16.2. The van der Waals surface area contributed by atoms with Crippen molar-refractivity contribution in [2.24, 2.45) is 10.1 Å². The van der Waals surface area contributed by atoms with Gasteiger partial charge >= 0.3 is 0 Å². The Morgan fingerprint density at radius 2 is 1.93 bits per heavy atom. The molecule has 1 heterocycles. The highest BCUT2D eigenvalue weighted by molar-refractivity contribution is 6.13. The summed E-state index contributed by atoms with van der Waals surface area (Å²) in [6, 6.07) is 19.2. The number of aromatic amines is 1. The van der Waals surface area contributed by atoms with E-state index < -0.39 is 0 Å². The third-order valence-corrected chi connectivity index (χ3v) is 4.89.